The standard InChI is InChI=1S/C24H20N2O2.C8H12N2.C8H6O2/c27-23-21-10-3-1-8-19(21)15-25(23)13-17-6-5-7-18(12-17)14-26-16-20-9-2-4-11-22(20)24(26)28;9-5-7-2-1-3-8(4-7)6-10;9-8-7-4-2-1-3-6(7)5-10-8/h1-12H,13-16H2;1-4H,5-6,9-10H2;1-4H,5H2. The molecule has 3 heterocycles. The first-order valence-electron chi connectivity index (χ1n) is 16.0. The minimum Gasteiger partial charge on any atom is -0.457 e. The zero-order valence-electron chi connectivity index (χ0n) is 26.7. The van der Waals surface area contributed by atoms with Gasteiger partial charge in [-0.1, -0.05) is 103 Å². The zero-order chi connectivity index (χ0) is 33.5. The Kier molecular flexibility index (Phi) is 10.0. The first-order chi connectivity index (χ1) is 23.4. The monoisotopic (exact) mass is 638 g/mol. The molecule has 5 aromatic rings. The Hall–Kier alpha value is -5.57. The summed E-state index contributed by atoms with van der Waals surface area (Å²) in [6.45, 7) is 4.08. The molecule has 3 aliphatic heterocycles. The highest BCUT2D eigenvalue weighted by molar-refractivity contribution is 5.99. The van der Waals surface area contributed by atoms with E-state index in [1.54, 1.807) is 6.07 Å². The Bertz CT molecular complexity index is 1850. The molecule has 0 fully saturated rings. The SMILES string of the molecule is NCc1cccc(CN)c1.O=C1OCc2ccccc21.O=C1c2ccccc2CN1Cc1cccc(CN2Cc3ccccc3C2=O)c1. The normalized spacial score (nSPS) is 13.9. The highest BCUT2D eigenvalue weighted by Crippen LogP contribution is 2.26. The van der Waals surface area contributed by atoms with Gasteiger partial charge in [0, 0.05) is 56.0 Å². The second kappa shape index (κ2) is 14.9. The van der Waals surface area contributed by atoms with Crippen LogP contribution < -0.4 is 11.5 Å². The number of carbonyl (C=O) groups excluding carboxylic acids is 3. The van der Waals surface area contributed by atoms with Crippen LogP contribution in [0.25, 0.3) is 0 Å². The van der Waals surface area contributed by atoms with Crippen LogP contribution in [0.15, 0.2) is 121 Å². The van der Waals surface area contributed by atoms with Gasteiger partial charge in [0.2, 0.25) is 0 Å². The Morgan fingerprint density at radius 2 is 0.917 bits per heavy atom. The molecule has 8 heteroatoms. The lowest BCUT2D eigenvalue weighted by Gasteiger charge is -2.18. The van der Waals surface area contributed by atoms with Crippen LogP contribution in [0.5, 0.6) is 0 Å². The molecule has 8 nitrogen and oxygen atoms in total. The largest absolute Gasteiger partial charge is 0.457 e. The zero-order valence-corrected chi connectivity index (χ0v) is 26.7. The molecule has 242 valence electrons. The van der Waals surface area contributed by atoms with Crippen LogP contribution in [0.4, 0.5) is 0 Å². The molecular weight excluding hydrogens is 600 g/mol. The summed E-state index contributed by atoms with van der Waals surface area (Å²) in [6, 6.07) is 39.2. The van der Waals surface area contributed by atoms with Crippen molar-refractivity contribution in [3.8, 4) is 0 Å². The number of ether oxygens (including phenoxy) is 1. The van der Waals surface area contributed by atoms with Crippen LogP contribution in [0.3, 0.4) is 0 Å². The fourth-order valence-corrected chi connectivity index (χ4v) is 6.10. The lowest BCUT2D eigenvalue weighted by atomic mass is 10.1. The van der Waals surface area contributed by atoms with Crippen molar-refractivity contribution < 1.29 is 19.1 Å². The number of esters is 1. The number of rotatable bonds is 6. The maximum Gasteiger partial charge on any atom is 0.338 e. The van der Waals surface area contributed by atoms with E-state index in [1.165, 1.54) is 0 Å². The van der Waals surface area contributed by atoms with Crippen molar-refractivity contribution in [1.29, 1.82) is 0 Å². The smallest absolute Gasteiger partial charge is 0.338 e. The van der Waals surface area contributed by atoms with E-state index >= 15 is 0 Å². The summed E-state index contributed by atoms with van der Waals surface area (Å²) in [7, 11) is 0. The molecule has 0 aromatic heterocycles. The van der Waals surface area contributed by atoms with Crippen molar-refractivity contribution in [2.75, 3.05) is 0 Å². The summed E-state index contributed by atoms with van der Waals surface area (Å²) >= 11 is 0. The average Bonchev–Trinajstić information content (AvgIpc) is 3.77. The van der Waals surface area contributed by atoms with E-state index in [0.29, 0.717) is 51.4 Å². The molecular formula is C40H38N4O4. The van der Waals surface area contributed by atoms with Crippen LogP contribution in [0.1, 0.15) is 70.0 Å². The van der Waals surface area contributed by atoms with Crippen LogP contribution in [0.2, 0.25) is 0 Å². The van der Waals surface area contributed by atoms with Crippen molar-refractivity contribution in [1.82, 2.24) is 9.80 Å². The number of cyclic esters (lactones) is 1. The van der Waals surface area contributed by atoms with Crippen molar-refractivity contribution in [3.63, 3.8) is 0 Å². The molecule has 0 radical (unpaired) electrons. The van der Waals surface area contributed by atoms with Gasteiger partial charge < -0.3 is 26.0 Å². The fourth-order valence-electron chi connectivity index (χ4n) is 6.10. The fraction of sp³-hybridized carbons (Fsp3) is 0.175. The minimum absolute atomic E-state index is 0.0890. The number of fused-ring (bicyclic) bond motifs is 3. The maximum atomic E-state index is 12.6. The predicted octanol–water partition coefficient (Wildman–Crippen LogP) is 5.96. The quantitative estimate of drug-likeness (QED) is 0.222. The lowest BCUT2D eigenvalue weighted by molar-refractivity contribution is 0.0534. The van der Waals surface area contributed by atoms with Gasteiger partial charge in [0.1, 0.15) is 6.61 Å². The van der Waals surface area contributed by atoms with Gasteiger partial charge in [-0.2, -0.15) is 0 Å². The van der Waals surface area contributed by atoms with E-state index in [2.05, 4.69) is 6.07 Å². The van der Waals surface area contributed by atoms with E-state index in [1.807, 2.05) is 119 Å². The Morgan fingerprint density at radius 1 is 0.500 bits per heavy atom. The third-order valence-corrected chi connectivity index (χ3v) is 8.59. The van der Waals surface area contributed by atoms with E-state index in [-0.39, 0.29) is 17.8 Å². The summed E-state index contributed by atoms with van der Waals surface area (Å²) in [5.74, 6) is -0.0204. The number of benzene rings is 5. The van der Waals surface area contributed by atoms with Crippen LogP contribution >= 0.6 is 0 Å². The van der Waals surface area contributed by atoms with Crippen LogP contribution in [0, 0.1) is 0 Å². The Balaban J connectivity index is 0.000000163. The van der Waals surface area contributed by atoms with Gasteiger partial charge >= 0.3 is 5.97 Å². The van der Waals surface area contributed by atoms with Gasteiger partial charge in [-0.3, -0.25) is 9.59 Å². The predicted molar refractivity (Wildman–Crippen MR) is 184 cm³/mol. The number of nitrogens with two attached hydrogens (primary N) is 2. The van der Waals surface area contributed by atoms with Gasteiger partial charge in [-0.15, -0.1) is 0 Å². The van der Waals surface area contributed by atoms with Crippen molar-refractivity contribution in [2.45, 2.75) is 45.9 Å². The highest BCUT2D eigenvalue weighted by atomic mass is 16.5. The molecule has 0 saturated heterocycles. The number of hydrogen-bond acceptors (Lipinski definition) is 6. The average molecular weight is 639 g/mol. The molecule has 0 aliphatic carbocycles. The molecule has 3 aliphatic rings. The molecule has 0 bridgehead atoms. The summed E-state index contributed by atoms with van der Waals surface area (Å²) in [6.07, 6.45) is 0. The molecule has 4 N–H and O–H groups in total. The first kappa shape index (κ1) is 32.4. The Labute approximate surface area is 280 Å². The van der Waals surface area contributed by atoms with E-state index in [9.17, 15) is 14.4 Å². The van der Waals surface area contributed by atoms with Crippen molar-refractivity contribution >= 4 is 17.8 Å². The molecule has 0 spiro atoms. The number of hydrogen-bond donors (Lipinski definition) is 2. The number of carbonyl (C=O) groups is 3. The van der Waals surface area contributed by atoms with Gasteiger partial charge in [0.05, 0.1) is 5.56 Å². The number of amides is 2. The summed E-state index contributed by atoms with van der Waals surface area (Å²) in [5, 5.41) is 0. The van der Waals surface area contributed by atoms with Gasteiger partial charge in [-0.25, -0.2) is 4.79 Å². The summed E-state index contributed by atoms with van der Waals surface area (Å²) < 4.78 is 4.78. The van der Waals surface area contributed by atoms with Gasteiger partial charge in [0.15, 0.2) is 0 Å². The molecule has 2 amide bonds. The third kappa shape index (κ3) is 7.36. The third-order valence-electron chi connectivity index (χ3n) is 8.59. The van der Waals surface area contributed by atoms with E-state index in [0.717, 1.165) is 50.1 Å². The lowest BCUT2D eigenvalue weighted by Crippen LogP contribution is -2.24. The number of nitrogens with zero attached hydrogens (tertiary/aromatic N) is 2. The molecule has 5 aromatic carbocycles. The molecule has 0 unspecified atom stereocenters. The molecule has 0 atom stereocenters. The van der Waals surface area contributed by atoms with Crippen molar-refractivity contribution in [2.24, 2.45) is 11.5 Å². The Morgan fingerprint density at radius 3 is 1.38 bits per heavy atom. The van der Waals surface area contributed by atoms with E-state index < -0.39 is 0 Å². The minimum atomic E-state index is -0.199. The first-order valence-corrected chi connectivity index (χ1v) is 16.0. The summed E-state index contributed by atoms with van der Waals surface area (Å²) in [4.78, 5) is 39.8. The molecule has 0 saturated carbocycles. The van der Waals surface area contributed by atoms with E-state index in [4.69, 9.17) is 16.2 Å². The van der Waals surface area contributed by atoms with Gasteiger partial charge in [0.25, 0.3) is 11.8 Å². The van der Waals surface area contributed by atoms with Crippen molar-refractivity contribution in [3.05, 3.63) is 177 Å². The van der Waals surface area contributed by atoms with Gasteiger partial charge in [-0.05, 0) is 51.6 Å². The van der Waals surface area contributed by atoms with Crippen LogP contribution in [-0.2, 0) is 50.6 Å². The molecule has 8 rings (SSSR count). The summed E-state index contributed by atoms with van der Waals surface area (Å²) in [5.41, 5.74) is 20.8. The second-order valence-corrected chi connectivity index (χ2v) is 11.9. The van der Waals surface area contributed by atoms with Crippen LogP contribution in [-0.4, -0.2) is 27.6 Å². The maximum absolute atomic E-state index is 12.6. The highest BCUT2D eigenvalue weighted by Gasteiger charge is 2.28. The second-order valence-electron chi connectivity index (χ2n) is 11.9. The molecule has 48 heavy (non-hydrogen) atoms. The topological polar surface area (TPSA) is 119 Å².